The topological polar surface area (TPSA) is 21.1 Å². The molecule has 2 rings (SSSR count). The van der Waals surface area contributed by atoms with Crippen LogP contribution in [0, 0.1) is 0 Å². The van der Waals surface area contributed by atoms with E-state index in [0.29, 0.717) is 0 Å². The molecule has 3 nitrogen and oxygen atoms in total. The van der Waals surface area contributed by atoms with E-state index in [9.17, 15) is 0 Å². The molecule has 0 radical (unpaired) electrons. The monoisotopic (exact) mass is 311 g/mol. The lowest BCUT2D eigenvalue weighted by molar-refractivity contribution is 1.03. The first kappa shape index (κ1) is 15.1. The van der Waals surface area contributed by atoms with E-state index in [1.54, 1.807) is 0 Å². The first-order valence-corrected chi connectivity index (χ1v) is 17.4. The molecule has 19 heavy (non-hydrogen) atoms. The molecule has 6 heteroatoms. The lowest BCUT2D eigenvalue weighted by Gasteiger charge is -2.47. The van der Waals surface area contributed by atoms with E-state index in [-0.39, 0.29) is 0 Å². The Morgan fingerprint density at radius 1 is 1.11 bits per heavy atom. The van der Waals surface area contributed by atoms with Gasteiger partial charge in [0.25, 0.3) is 0 Å². The van der Waals surface area contributed by atoms with E-state index in [1.165, 1.54) is 24.1 Å². The molecule has 1 aliphatic heterocycles. The average molecular weight is 312 g/mol. The van der Waals surface area contributed by atoms with Gasteiger partial charge in [-0.15, -0.1) is 0 Å². The summed E-state index contributed by atoms with van der Waals surface area (Å²) in [6.07, 6.45) is 5.68. The third kappa shape index (κ3) is 3.22. The second-order valence-electron chi connectivity index (χ2n) is 8.37. The van der Waals surface area contributed by atoms with Gasteiger partial charge in [0, 0.05) is 12.4 Å². The fraction of sp³-hybridized carbons (Fsp3) is 0.769. The summed E-state index contributed by atoms with van der Waals surface area (Å²) in [5.74, 6) is 1.25. The van der Waals surface area contributed by atoms with Crippen LogP contribution < -0.4 is 4.57 Å². The molecule has 0 bridgehead atoms. The molecule has 0 spiro atoms. The zero-order valence-electron chi connectivity index (χ0n) is 13.6. The largest absolute Gasteiger partial charge is 0.384 e. The third-order valence-corrected chi connectivity index (χ3v) is 13.1. The summed E-state index contributed by atoms with van der Waals surface area (Å²) < 4.78 is 5.09. The first-order chi connectivity index (χ1) is 8.51. The lowest BCUT2D eigenvalue weighted by Crippen LogP contribution is -2.60. The number of imidazole rings is 1. The van der Waals surface area contributed by atoms with Gasteiger partial charge in [-0.25, -0.2) is 4.98 Å². The number of hydrogen-bond acceptors (Lipinski definition) is 2. The van der Waals surface area contributed by atoms with Crippen LogP contribution >= 0.6 is 0 Å². The molecule has 0 unspecified atom stereocenters. The standard InChI is InChI=1S/C13H29N3Si3/c1-17(2,3)15-10-13(14-11-15)16-12-18(4,5)8-9-19(16,6)7/h10-11H,8-9,12H2,1-7H3. The molecule has 0 aliphatic carbocycles. The molecule has 0 amide bonds. The van der Waals surface area contributed by atoms with Crippen molar-refractivity contribution in [2.24, 2.45) is 0 Å². The van der Waals surface area contributed by atoms with Crippen LogP contribution in [0.5, 0.6) is 0 Å². The van der Waals surface area contributed by atoms with Gasteiger partial charge >= 0.3 is 0 Å². The van der Waals surface area contributed by atoms with Crippen LogP contribution in [-0.2, 0) is 0 Å². The van der Waals surface area contributed by atoms with Crippen molar-refractivity contribution >= 4 is 30.4 Å². The summed E-state index contributed by atoms with van der Waals surface area (Å²) in [6, 6.07) is 2.93. The predicted octanol–water partition coefficient (Wildman–Crippen LogP) is 3.84. The summed E-state index contributed by atoms with van der Waals surface area (Å²) in [6.45, 7) is 17.2. The van der Waals surface area contributed by atoms with Crippen LogP contribution in [0.25, 0.3) is 0 Å². The van der Waals surface area contributed by atoms with Gasteiger partial charge in [0.1, 0.15) is 5.82 Å². The van der Waals surface area contributed by atoms with E-state index < -0.39 is 24.5 Å². The Kier molecular flexibility index (Phi) is 3.64. The zero-order valence-corrected chi connectivity index (χ0v) is 16.6. The summed E-state index contributed by atoms with van der Waals surface area (Å²) in [7, 11) is -3.63. The van der Waals surface area contributed by atoms with E-state index in [4.69, 9.17) is 4.98 Å². The Labute approximate surface area is 121 Å². The van der Waals surface area contributed by atoms with Gasteiger partial charge in [-0.2, -0.15) is 0 Å². The van der Waals surface area contributed by atoms with Gasteiger partial charge in [-0.1, -0.05) is 51.9 Å². The maximum Gasteiger partial charge on any atom is 0.154 e. The summed E-state index contributed by atoms with van der Waals surface area (Å²) in [5, 5.41) is 0. The number of nitrogens with zero attached hydrogens (tertiary/aromatic N) is 3. The Morgan fingerprint density at radius 2 is 1.74 bits per heavy atom. The predicted molar refractivity (Wildman–Crippen MR) is 92.9 cm³/mol. The Morgan fingerprint density at radius 3 is 2.26 bits per heavy atom. The van der Waals surface area contributed by atoms with Crippen molar-refractivity contribution in [3.8, 4) is 0 Å². The molecule has 2 heterocycles. The summed E-state index contributed by atoms with van der Waals surface area (Å²) >= 11 is 0. The third-order valence-electron chi connectivity index (χ3n) is 4.35. The van der Waals surface area contributed by atoms with Crippen molar-refractivity contribution in [3.63, 3.8) is 0 Å². The average Bonchev–Trinajstić information content (AvgIpc) is 2.70. The highest BCUT2D eigenvalue weighted by Crippen LogP contribution is 2.34. The molecule has 1 aromatic rings. The molecule has 0 aromatic carbocycles. The molecule has 1 saturated heterocycles. The minimum atomic E-state index is -1.30. The van der Waals surface area contributed by atoms with E-state index in [1.807, 2.05) is 0 Å². The van der Waals surface area contributed by atoms with Gasteiger partial charge in [-0.05, 0) is 6.04 Å². The van der Waals surface area contributed by atoms with Crippen molar-refractivity contribution in [2.75, 3.05) is 10.7 Å². The number of hydrogen-bond donors (Lipinski definition) is 0. The normalized spacial score (nSPS) is 22.6. The highest BCUT2D eigenvalue weighted by Gasteiger charge is 2.41. The smallest absolute Gasteiger partial charge is 0.154 e. The Balaban J connectivity index is 2.31. The number of anilines is 1. The molecule has 0 N–H and O–H groups in total. The van der Waals surface area contributed by atoms with E-state index in [2.05, 4.69) is 67.2 Å². The number of rotatable bonds is 2. The van der Waals surface area contributed by atoms with Gasteiger partial charge in [0.2, 0.25) is 0 Å². The molecule has 108 valence electrons. The fourth-order valence-corrected chi connectivity index (χ4v) is 13.9. The molecule has 1 aliphatic rings. The first-order valence-electron chi connectivity index (χ1n) is 7.33. The van der Waals surface area contributed by atoms with Gasteiger partial charge in [0.05, 0.1) is 14.4 Å². The van der Waals surface area contributed by atoms with Crippen LogP contribution in [0.3, 0.4) is 0 Å². The molecule has 1 aromatic heterocycles. The molecule has 1 fully saturated rings. The van der Waals surface area contributed by atoms with E-state index >= 15 is 0 Å². The summed E-state index contributed by atoms with van der Waals surface area (Å²) in [5.41, 5.74) is 0. The highest BCUT2D eigenvalue weighted by atomic mass is 28.3. The lowest BCUT2D eigenvalue weighted by atomic mass is 10.7. The summed E-state index contributed by atoms with van der Waals surface area (Å²) in [4.78, 5) is 4.75. The highest BCUT2D eigenvalue weighted by molar-refractivity contribution is 6.90. The minimum absolute atomic E-state index is 1.04. The van der Waals surface area contributed by atoms with Crippen LogP contribution in [0.4, 0.5) is 5.82 Å². The maximum absolute atomic E-state index is 4.75. The molecule has 0 atom stereocenters. The van der Waals surface area contributed by atoms with Gasteiger partial charge < -0.3 is 8.80 Å². The van der Waals surface area contributed by atoms with Crippen LogP contribution in [0.1, 0.15) is 0 Å². The van der Waals surface area contributed by atoms with Crippen molar-refractivity contribution < 1.29 is 0 Å². The van der Waals surface area contributed by atoms with Gasteiger partial charge in [0.15, 0.2) is 16.5 Å². The van der Waals surface area contributed by atoms with Gasteiger partial charge in [-0.3, -0.25) is 0 Å². The van der Waals surface area contributed by atoms with Crippen molar-refractivity contribution in [1.29, 1.82) is 0 Å². The second kappa shape index (κ2) is 4.60. The molecule has 0 saturated carbocycles. The van der Waals surface area contributed by atoms with Crippen molar-refractivity contribution in [2.45, 2.75) is 57.9 Å². The van der Waals surface area contributed by atoms with Crippen LogP contribution in [-0.4, -0.2) is 39.9 Å². The Bertz CT molecular complexity index is 460. The maximum atomic E-state index is 4.75. The minimum Gasteiger partial charge on any atom is -0.384 e. The molecular weight excluding hydrogens is 282 g/mol. The molecular formula is C13H29N3Si3. The fourth-order valence-electron chi connectivity index (χ4n) is 2.71. The van der Waals surface area contributed by atoms with Crippen LogP contribution in [0.15, 0.2) is 12.5 Å². The quantitative estimate of drug-likeness (QED) is 0.774. The Hall–Kier alpha value is -0.339. The SMILES string of the molecule is C[Si]1(C)CC[Si](C)(C)N(c2cn([Si](C)(C)C)cn2)C1. The number of aromatic nitrogens is 2. The van der Waals surface area contributed by atoms with Crippen molar-refractivity contribution in [3.05, 3.63) is 12.5 Å². The second-order valence-corrected chi connectivity index (χ2v) is 23.0. The van der Waals surface area contributed by atoms with E-state index in [0.717, 1.165) is 0 Å². The van der Waals surface area contributed by atoms with Crippen molar-refractivity contribution in [1.82, 2.24) is 9.22 Å². The van der Waals surface area contributed by atoms with Crippen LogP contribution in [0.2, 0.25) is 57.9 Å². The zero-order chi connectivity index (χ0) is 14.5.